The molecular weight excluding hydrogens is 566 g/mol. The molecule has 12 heteroatoms. The fourth-order valence-electron chi connectivity index (χ4n) is 8.24. The molecule has 5 rings (SSSR count). The second-order valence-corrected chi connectivity index (χ2v) is 13.5. The SMILES string of the molecule is C[C@@H]1C[C@H]2[C@@H]3CCC4=CC(=O)C=CC4(C)[C@@]3(F)[C@@H](O)C[C@]2(C)[C@@]1(O)C(=O)COC(=O)c1cccc(S(=O)(=O)[O-])c1.[Na+]. The molecule has 1 aromatic rings. The Labute approximate surface area is 260 Å². The molecule has 41 heavy (non-hydrogen) atoms. The van der Waals surface area contributed by atoms with Gasteiger partial charge in [0.25, 0.3) is 0 Å². The number of ether oxygens (including phenoxy) is 1. The number of fused-ring (bicyclic) bond motifs is 5. The third-order valence-electron chi connectivity index (χ3n) is 10.3. The first-order valence-electron chi connectivity index (χ1n) is 13.3. The van der Waals surface area contributed by atoms with Crippen LogP contribution in [0.25, 0.3) is 0 Å². The van der Waals surface area contributed by atoms with Gasteiger partial charge in [0.2, 0.25) is 5.78 Å². The molecular formula is C29H32FNaO9S. The minimum atomic E-state index is -4.82. The normalized spacial score (nSPS) is 39.5. The summed E-state index contributed by atoms with van der Waals surface area (Å²) < 4.78 is 56.3. The smallest absolute Gasteiger partial charge is 0.744 e. The number of Topliss-reactive ketones (excluding diaryl/α,β-unsaturated/α-hetero) is 1. The minimum absolute atomic E-state index is 0. The summed E-state index contributed by atoms with van der Waals surface area (Å²) in [6.45, 7) is 4.18. The van der Waals surface area contributed by atoms with E-state index in [0.29, 0.717) is 24.8 Å². The fourth-order valence-corrected chi connectivity index (χ4v) is 8.76. The molecule has 0 heterocycles. The Morgan fingerprint density at radius 2 is 1.90 bits per heavy atom. The number of aliphatic hydroxyl groups excluding tert-OH is 1. The van der Waals surface area contributed by atoms with E-state index in [1.807, 2.05) is 0 Å². The maximum atomic E-state index is 17.3. The van der Waals surface area contributed by atoms with Crippen molar-refractivity contribution in [3.8, 4) is 0 Å². The van der Waals surface area contributed by atoms with Crippen molar-refractivity contribution in [1.29, 1.82) is 0 Å². The summed E-state index contributed by atoms with van der Waals surface area (Å²) >= 11 is 0. The van der Waals surface area contributed by atoms with E-state index in [1.54, 1.807) is 20.8 Å². The standard InChI is InChI=1S/C29H33FO9S.Na/c1-16-11-22-21-8-7-18-13-19(31)9-10-26(18,2)28(21,30)23(32)14-27(22,3)29(16,35)24(33)15-39-25(34)17-5-4-6-20(12-17)40(36,37)38;/h4-6,9-10,12-13,16,21-23,32,35H,7-8,11,14-15H2,1-3H3,(H,36,37,38);/q;+1/p-1/t16-,21+,22+,23+,26?,27+,28+,29+;/m1./s1. The zero-order valence-electron chi connectivity index (χ0n) is 23.4. The second kappa shape index (κ2) is 10.5. The predicted molar refractivity (Wildman–Crippen MR) is 138 cm³/mol. The van der Waals surface area contributed by atoms with Gasteiger partial charge in [-0.25, -0.2) is 17.6 Å². The molecule has 4 aliphatic carbocycles. The number of hydrogen-bond donors (Lipinski definition) is 2. The maximum Gasteiger partial charge on any atom is 1.00 e. The van der Waals surface area contributed by atoms with Gasteiger partial charge in [0.05, 0.1) is 16.6 Å². The fraction of sp³-hybridized carbons (Fsp3) is 0.552. The molecule has 1 aromatic carbocycles. The number of hydrogen-bond acceptors (Lipinski definition) is 9. The van der Waals surface area contributed by atoms with E-state index >= 15 is 4.39 Å². The van der Waals surface area contributed by atoms with Gasteiger partial charge in [-0.1, -0.05) is 31.6 Å². The maximum absolute atomic E-state index is 17.3. The van der Waals surface area contributed by atoms with Crippen molar-refractivity contribution in [3.05, 3.63) is 53.6 Å². The Kier molecular flexibility index (Phi) is 8.22. The second-order valence-electron chi connectivity index (χ2n) is 12.1. The Morgan fingerprint density at radius 3 is 2.56 bits per heavy atom. The summed E-state index contributed by atoms with van der Waals surface area (Å²) in [5, 5.41) is 23.4. The summed E-state index contributed by atoms with van der Waals surface area (Å²) in [7, 11) is -4.82. The van der Waals surface area contributed by atoms with Crippen LogP contribution in [0.1, 0.15) is 56.8 Å². The molecule has 216 valence electrons. The Hall–Kier alpha value is -1.73. The largest absolute Gasteiger partial charge is 1.00 e. The zero-order chi connectivity index (χ0) is 29.5. The topological polar surface area (TPSA) is 158 Å². The first-order valence-corrected chi connectivity index (χ1v) is 14.7. The molecule has 0 bridgehead atoms. The van der Waals surface area contributed by atoms with E-state index in [4.69, 9.17) is 4.74 Å². The van der Waals surface area contributed by atoms with Crippen molar-refractivity contribution in [2.45, 2.75) is 68.7 Å². The number of rotatable bonds is 5. The van der Waals surface area contributed by atoms with E-state index in [1.165, 1.54) is 30.4 Å². The summed E-state index contributed by atoms with van der Waals surface area (Å²) in [5.74, 6) is -3.93. The van der Waals surface area contributed by atoms with Gasteiger partial charge in [-0.05, 0) is 74.8 Å². The van der Waals surface area contributed by atoms with E-state index in [9.17, 15) is 37.6 Å². The summed E-state index contributed by atoms with van der Waals surface area (Å²) in [5.41, 5.74) is -6.24. The number of esters is 1. The number of alkyl halides is 1. The van der Waals surface area contributed by atoms with Crippen LogP contribution in [-0.2, 0) is 24.4 Å². The van der Waals surface area contributed by atoms with Crippen LogP contribution in [0.15, 0.2) is 53.0 Å². The van der Waals surface area contributed by atoms with Crippen molar-refractivity contribution < 1.29 is 76.3 Å². The first kappa shape index (κ1) is 32.2. The average molecular weight is 599 g/mol. The summed E-state index contributed by atoms with van der Waals surface area (Å²) in [4.78, 5) is 37.5. The van der Waals surface area contributed by atoms with Gasteiger partial charge in [-0.15, -0.1) is 0 Å². The summed E-state index contributed by atoms with van der Waals surface area (Å²) in [6.07, 6.45) is 3.60. The molecule has 3 saturated carbocycles. The van der Waals surface area contributed by atoms with Gasteiger partial charge in [0, 0.05) is 16.7 Å². The average Bonchev–Trinajstić information content (AvgIpc) is 3.09. The van der Waals surface area contributed by atoms with Crippen LogP contribution in [0, 0.1) is 28.6 Å². The van der Waals surface area contributed by atoms with E-state index in [0.717, 1.165) is 12.1 Å². The van der Waals surface area contributed by atoms with Crippen LogP contribution in [0.3, 0.4) is 0 Å². The number of allylic oxidation sites excluding steroid dienone is 4. The van der Waals surface area contributed by atoms with Gasteiger partial charge >= 0.3 is 35.5 Å². The van der Waals surface area contributed by atoms with E-state index < -0.39 is 79.3 Å². The number of ketones is 2. The quantitative estimate of drug-likeness (QED) is 0.263. The van der Waals surface area contributed by atoms with Crippen LogP contribution < -0.4 is 29.6 Å². The molecule has 8 atom stereocenters. The molecule has 1 unspecified atom stereocenters. The van der Waals surface area contributed by atoms with Crippen LogP contribution in [0.5, 0.6) is 0 Å². The number of aliphatic hydroxyl groups is 2. The first-order chi connectivity index (χ1) is 18.5. The van der Waals surface area contributed by atoms with Gasteiger partial charge in [0.1, 0.15) is 15.7 Å². The molecule has 0 saturated heterocycles. The number of carbonyl (C=O) groups is 3. The van der Waals surface area contributed by atoms with Crippen molar-refractivity contribution in [1.82, 2.24) is 0 Å². The van der Waals surface area contributed by atoms with Crippen molar-refractivity contribution >= 4 is 27.7 Å². The van der Waals surface area contributed by atoms with Gasteiger partial charge in [-0.2, -0.15) is 0 Å². The molecule has 0 aliphatic heterocycles. The molecule has 2 N–H and O–H groups in total. The van der Waals surface area contributed by atoms with E-state index in [-0.39, 0.29) is 47.3 Å². The van der Waals surface area contributed by atoms with E-state index in [2.05, 4.69) is 0 Å². The van der Waals surface area contributed by atoms with Crippen molar-refractivity contribution in [3.63, 3.8) is 0 Å². The molecule has 0 amide bonds. The third-order valence-corrected chi connectivity index (χ3v) is 11.2. The minimum Gasteiger partial charge on any atom is -0.744 e. The molecule has 4 aliphatic rings. The Morgan fingerprint density at radius 1 is 1.22 bits per heavy atom. The molecule has 3 fully saturated rings. The van der Waals surface area contributed by atoms with Crippen molar-refractivity contribution in [2.75, 3.05) is 6.61 Å². The molecule has 0 radical (unpaired) electrons. The van der Waals surface area contributed by atoms with Gasteiger partial charge in [0.15, 0.2) is 18.1 Å². The van der Waals surface area contributed by atoms with Crippen LogP contribution in [0.2, 0.25) is 0 Å². The third kappa shape index (κ3) is 4.54. The van der Waals surface area contributed by atoms with Crippen LogP contribution in [-0.4, -0.2) is 64.7 Å². The van der Waals surface area contributed by atoms with Crippen LogP contribution >= 0.6 is 0 Å². The van der Waals surface area contributed by atoms with Gasteiger partial charge < -0.3 is 19.5 Å². The Bertz CT molecular complexity index is 1470. The predicted octanol–water partition coefficient (Wildman–Crippen LogP) is -0.331. The van der Waals surface area contributed by atoms with Crippen molar-refractivity contribution in [2.24, 2.45) is 28.6 Å². The Balaban J connectivity index is 0.00000387. The number of halogens is 1. The molecule has 9 nitrogen and oxygen atoms in total. The summed E-state index contributed by atoms with van der Waals surface area (Å²) in [6, 6.07) is 4.29. The molecule has 0 aromatic heterocycles. The number of carbonyl (C=O) groups excluding carboxylic acids is 3. The monoisotopic (exact) mass is 598 g/mol. The molecule has 0 spiro atoms. The van der Waals surface area contributed by atoms with Crippen LogP contribution in [0.4, 0.5) is 4.39 Å². The number of benzene rings is 1. The zero-order valence-corrected chi connectivity index (χ0v) is 26.2. The van der Waals surface area contributed by atoms with Gasteiger partial charge in [-0.3, -0.25) is 9.59 Å².